The molecule has 2 aromatic rings. The molecule has 6 heteroatoms. The molecule has 0 unspecified atom stereocenters. The van der Waals surface area contributed by atoms with Crippen molar-refractivity contribution in [3.05, 3.63) is 78.4 Å². The Morgan fingerprint density at radius 1 is 1.27 bits per heavy atom. The van der Waals surface area contributed by atoms with Gasteiger partial charge in [0, 0.05) is 6.20 Å². The number of aromatic nitrogens is 1. The van der Waals surface area contributed by atoms with Gasteiger partial charge in [-0.05, 0) is 36.2 Å². The van der Waals surface area contributed by atoms with Crippen molar-refractivity contribution in [3.8, 4) is 0 Å². The van der Waals surface area contributed by atoms with Gasteiger partial charge in [0.25, 0.3) is 0 Å². The van der Waals surface area contributed by atoms with E-state index in [1.165, 1.54) is 18.2 Å². The highest BCUT2D eigenvalue weighted by Gasteiger charge is 2.22. The van der Waals surface area contributed by atoms with Crippen LogP contribution in [0.3, 0.4) is 0 Å². The highest BCUT2D eigenvalue weighted by atomic mass is 32.2. The molecule has 1 N–H and O–H groups in total. The summed E-state index contributed by atoms with van der Waals surface area (Å²) in [4.78, 5) is 4.18. The van der Waals surface area contributed by atoms with Crippen LogP contribution in [0.4, 0.5) is 4.39 Å². The monoisotopic (exact) mass is 320 g/mol. The van der Waals surface area contributed by atoms with Crippen molar-refractivity contribution in [2.24, 2.45) is 0 Å². The smallest absolute Gasteiger partial charge is 0.212 e. The Labute approximate surface area is 129 Å². The Kier molecular flexibility index (Phi) is 5.41. The number of pyridine rings is 1. The first kappa shape index (κ1) is 16.3. The molecule has 0 radical (unpaired) electrons. The second kappa shape index (κ2) is 7.29. The average Bonchev–Trinajstić information content (AvgIpc) is 2.52. The van der Waals surface area contributed by atoms with Gasteiger partial charge in [-0.2, -0.15) is 0 Å². The summed E-state index contributed by atoms with van der Waals surface area (Å²) in [5.74, 6) is -0.501. The molecule has 1 aromatic heterocycles. The number of benzene rings is 1. The van der Waals surface area contributed by atoms with Gasteiger partial charge in [0.05, 0.1) is 17.5 Å². The Morgan fingerprint density at radius 3 is 2.73 bits per heavy atom. The predicted octanol–water partition coefficient (Wildman–Crippen LogP) is 2.81. The van der Waals surface area contributed by atoms with Crippen molar-refractivity contribution >= 4 is 10.0 Å². The first-order valence-corrected chi connectivity index (χ1v) is 8.44. The lowest BCUT2D eigenvalue weighted by molar-refractivity contribution is 0.567. The molecule has 22 heavy (non-hydrogen) atoms. The summed E-state index contributed by atoms with van der Waals surface area (Å²) in [5.41, 5.74) is 1.01. The maximum Gasteiger partial charge on any atom is 0.212 e. The molecule has 0 aliphatic heterocycles. The predicted molar refractivity (Wildman–Crippen MR) is 84.2 cm³/mol. The summed E-state index contributed by atoms with van der Waals surface area (Å²) in [6, 6.07) is 10.3. The lowest BCUT2D eigenvalue weighted by Crippen LogP contribution is -2.31. The molecule has 0 saturated carbocycles. The van der Waals surface area contributed by atoms with Crippen molar-refractivity contribution in [1.29, 1.82) is 0 Å². The fourth-order valence-corrected chi connectivity index (χ4v) is 3.22. The third-order valence-electron chi connectivity index (χ3n) is 3.05. The molecule has 0 bridgehead atoms. The van der Waals surface area contributed by atoms with Gasteiger partial charge in [-0.15, -0.1) is 6.58 Å². The molecule has 0 aliphatic carbocycles. The van der Waals surface area contributed by atoms with Crippen LogP contribution in [-0.4, -0.2) is 19.2 Å². The first-order chi connectivity index (χ1) is 10.5. The van der Waals surface area contributed by atoms with Crippen LogP contribution in [0.5, 0.6) is 0 Å². The molecule has 1 heterocycles. The molecule has 0 amide bonds. The summed E-state index contributed by atoms with van der Waals surface area (Å²) in [6.07, 6.45) is 3.45. The zero-order chi connectivity index (χ0) is 16.0. The summed E-state index contributed by atoms with van der Waals surface area (Å²) in [5, 5.41) is 0. The minimum Gasteiger partial charge on any atom is -0.259 e. The van der Waals surface area contributed by atoms with Crippen LogP contribution < -0.4 is 4.72 Å². The van der Waals surface area contributed by atoms with E-state index in [0.717, 1.165) is 0 Å². The quantitative estimate of drug-likeness (QED) is 0.798. The fraction of sp³-hybridized carbons (Fsp3) is 0.188. The summed E-state index contributed by atoms with van der Waals surface area (Å²) >= 11 is 0. The van der Waals surface area contributed by atoms with E-state index in [-0.39, 0.29) is 5.75 Å². The number of nitrogens with zero attached hydrogens (tertiary/aromatic N) is 1. The normalized spacial score (nSPS) is 12.8. The van der Waals surface area contributed by atoms with Crippen molar-refractivity contribution in [1.82, 2.24) is 9.71 Å². The topological polar surface area (TPSA) is 59.1 Å². The van der Waals surface area contributed by atoms with Crippen LogP contribution in [0.2, 0.25) is 0 Å². The number of sulfonamides is 1. The number of halogens is 1. The Hall–Kier alpha value is -2.05. The fourth-order valence-electron chi connectivity index (χ4n) is 2.01. The Bertz CT molecular complexity index is 733. The molecular formula is C16H17FN2O2S. The van der Waals surface area contributed by atoms with Crippen LogP contribution in [0.15, 0.2) is 61.3 Å². The molecule has 0 spiro atoms. The van der Waals surface area contributed by atoms with Crippen LogP contribution in [0.25, 0.3) is 0 Å². The van der Waals surface area contributed by atoms with E-state index in [2.05, 4.69) is 16.3 Å². The highest BCUT2D eigenvalue weighted by Crippen LogP contribution is 2.22. The van der Waals surface area contributed by atoms with Crippen LogP contribution in [0, 0.1) is 5.82 Å². The lowest BCUT2D eigenvalue weighted by atomic mass is 10.0. The van der Waals surface area contributed by atoms with Crippen LogP contribution >= 0.6 is 0 Å². The Morgan fingerprint density at radius 2 is 2.09 bits per heavy atom. The second-order valence-corrected chi connectivity index (χ2v) is 6.63. The number of allylic oxidation sites excluding steroid dienone is 1. The number of rotatable bonds is 7. The zero-order valence-corrected chi connectivity index (χ0v) is 12.8. The summed E-state index contributed by atoms with van der Waals surface area (Å²) < 4.78 is 40.4. The van der Waals surface area contributed by atoms with Crippen LogP contribution in [0.1, 0.15) is 23.7 Å². The maximum atomic E-state index is 13.5. The molecule has 0 aliphatic rings. The number of nitrogens with one attached hydrogen (secondary N) is 1. The molecule has 4 nitrogen and oxygen atoms in total. The van der Waals surface area contributed by atoms with Crippen LogP contribution in [-0.2, 0) is 10.0 Å². The summed E-state index contributed by atoms with van der Waals surface area (Å²) in [6.45, 7) is 3.52. The third kappa shape index (κ3) is 4.47. The van der Waals surface area contributed by atoms with Gasteiger partial charge in [0.2, 0.25) is 10.0 Å². The van der Waals surface area contributed by atoms with Gasteiger partial charge >= 0.3 is 0 Å². The van der Waals surface area contributed by atoms with Gasteiger partial charge in [-0.25, -0.2) is 17.5 Å². The van der Waals surface area contributed by atoms with E-state index in [0.29, 0.717) is 17.7 Å². The van der Waals surface area contributed by atoms with E-state index < -0.39 is 21.9 Å². The van der Waals surface area contributed by atoms with E-state index in [4.69, 9.17) is 0 Å². The molecule has 1 aromatic carbocycles. The average molecular weight is 320 g/mol. The van der Waals surface area contributed by atoms with Crippen molar-refractivity contribution in [2.75, 3.05) is 5.75 Å². The van der Waals surface area contributed by atoms with E-state index in [1.54, 1.807) is 36.5 Å². The largest absolute Gasteiger partial charge is 0.259 e. The number of hydrogen-bond acceptors (Lipinski definition) is 3. The van der Waals surface area contributed by atoms with E-state index in [9.17, 15) is 12.8 Å². The molecule has 2 rings (SSSR count). The van der Waals surface area contributed by atoms with Crippen molar-refractivity contribution in [3.63, 3.8) is 0 Å². The molecule has 116 valence electrons. The second-order valence-electron chi connectivity index (χ2n) is 4.76. The first-order valence-electron chi connectivity index (χ1n) is 6.79. The SMILES string of the molecule is C=CCCS(=O)(=O)N[C@H](c1cccc(F)c1)c1ccccn1. The number of hydrogen-bond donors (Lipinski definition) is 1. The minimum atomic E-state index is -3.54. The molecule has 1 atom stereocenters. The summed E-state index contributed by atoms with van der Waals surface area (Å²) in [7, 11) is -3.54. The highest BCUT2D eigenvalue weighted by molar-refractivity contribution is 7.89. The van der Waals surface area contributed by atoms with Crippen molar-refractivity contribution < 1.29 is 12.8 Å². The van der Waals surface area contributed by atoms with Gasteiger partial charge in [0.1, 0.15) is 5.82 Å². The third-order valence-corrected chi connectivity index (χ3v) is 4.42. The Balaban J connectivity index is 2.37. The molecule has 0 saturated heterocycles. The molecule has 0 fully saturated rings. The van der Waals surface area contributed by atoms with Gasteiger partial charge in [0.15, 0.2) is 0 Å². The maximum absolute atomic E-state index is 13.5. The van der Waals surface area contributed by atoms with Gasteiger partial charge in [-0.1, -0.05) is 24.3 Å². The van der Waals surface area contributed by atoms with Gasteiger partial charge < -0.3 is 0 Å². The van der Waals surface area contributed by atoms with Gasteiger partial charge in [-0.3, -0.25) is 4.98 Å². The zero-order valence-electron chi connectivity index (χ0n) is 11.9. The van der Waals surface area contributed by atoms with Crippen molar-refractivity contribution in [2.45, 2.75) is 12.5 Å². The van der Waals surface area contributed by atoms with E-state index in [1.807, 2.05) is 0 Å². The van der Waals surface area contributed by atoms with E-state index >= 15 is 0 Å². The standard InChI is InChI=1S/C16H17FN2O2S/c1-2-3-11-22(20,21)19-16(15-9-4-5-10-18-15)13-7-6-8-14(17)12-13/h2,4-10,12,16,19H,1,3,11H2/t16-/m1/s1. The lowest BCUT2D eigenvalue weighted by Gasteiger charge is -2.18. The minimum absolute atomic E-state index is 0.0743. The molecular weight excluding hydrogens is 303 g/mol.